The molecule has 0 saturated heterocycles. The predicted octanol–water partition coefficient (Wildman–Crippen LogP) is 2.81. The molecule has 2 heteroatoms. The summed E-state index contributed by atoms with van der Waals surface area (Å²) in [5, 5.41) is 0. The maximum absolute atomic E-state index is 5.83. The van der Waals surface area contributed by atoms with E-state index in [-0.39, 0.29) is 0 Å². The lowest BCUT2D eigenvalue weighted by Crippen LogP contribution is -2.10. The minimum Gasteiger partial charge on any atom is -0.492 e. The van der Waals surface area contributed by atoms with Crippen LogP contribution in [0.15, 0.2) is 24.3 Å². The summed E-state index contributed by atoms with van der Waals surface area (Å²) < 4.78 is 5.83. The maximum Gasteiger partial charge on any atom is 0.134 e. The predicted molar refractivity (Wildman–Crippen MR) is 71.9 cm³/mol. The average Bonchev–Trinajstić information content (AvgIpc) is 2.38. The molecule has 17 heavy (non-hydrogen) atoms. The summed E-state index contributed by atoms with van der Waals surface area (Å²) in [6.07, 6.45) is 2.29. The highest BCUT2D eigenvalue weighted by Crippen LogP contribution is 2.18. The van der Waals surface area contributed by atoms with Crippen LogP contribution in [-0.2, 0) is 0 Å². The SMILES string of the molecule is CCC(CC)COc1ccccc1C#CCN. The first-order valence-corrected chi connectivity index (χ1v) is 6.22. The van der Waals surface area contributed by atoms with E-state index in [2.05, 4.69) is 25.7 Å². The molecule has 0 saturated carbocycles. The van der Waals surface area contributed by atoms with Crippen LogP contribution in [0, 0.1) is 17.8 Å². The lowest BCUT2D eigenvalue weighted by molar-refractivity contribution is 0.240. The fourth-order valence-electron chi connectivity index (χ4n) is 1.57. The third-order valence-corrected chi connectivity index (χ3v) is 2.84. The van der Waals surface area contributed by atoms with Crippen LogP contribution in [-0.4, -0.2) is 13.2 Å². The van der Waals surface area contributed by atoms with Crippen molar-refractivity contribution in [2.75, 3.05) is 13.2 Å². The number of benzene rings is 1. The quantitative estimate of drug-likeness (QED) is 0.791. The van der Waals surface area contributed by atoms with Crippen molar-refractivity contribution in [3.05, 3.63) is 29.8 Å². The largest absolute Gasteiger partial charge is 0.492 e. The van der Waals surface area contributed by atoms with Crippen LogP contribution in [0.1, 0.15) is 32.3 Å². The van der Waals surface area contributed by atoms with E-state index in [1.54, 1.807) is 0 Å². The van der Waals surface area contributed by atoms with E-state index in [9.17, 15) is 0 Å². The monoisotopic (exact) mass is 231 g/mol. The summed E-state index contributed by atoms with van der Waals surface area (Å²) in [5.74, 6) is 7.37. The molecule has 0 aliphatic carbocycles. The van der Waals surface area contributed by atoms with Gasteiger partial charge in [-0.05, 0) is 18.1 Å². The van der Waals surface area contributed by atoms with Gasteiger partial charge in [-0.25, -0.2) is 0 Å². The Morgan fingerprint density at radius 3 is 2.59 bits per heavy atom. The van der Waals surface area contributed by atoms with E-state index in [0.29, 0.717) is 12.5 Å². The molecule has 0 aliphatic heterocycles. The molecule has 92 valence electrons. The van der Waals surface area contributed by atoms with Gasteiger partial charge in [-0.15, -0.1) is 0 Å². The van der Waals surface area contributed by atoms with Crippen LogP contribution in [0.2, 0.25) is 0 Å². The van der Waals surface area contributed by atoms with E-state index in [1.807, 2.05) is 24.3 Å². The molecule has 0 spiro atoms. The van der Waals surface area contributed by atoms with Gasteiger partial charge >= 0.3 is 0 Å². The molecule has 0 aromatic heterocycles. The van der Waals surface area contributed by atoms with Crippen LogP contribution >= 0.6 is 0 Å². The summed E-state index contributed by atoms with van der Waals surface area (Å²) in [6, 6.07) is 7.86. The van der Waals surface area contributed by atoms with Crippen LogP contribution in [0.5, 0.6) is 5.75 Å². The fraction of sp³-hybridized carbons (Fsp3) is 0.467. The van der Waals surface area contributed by atoms with Gasteiger partial charge in [0.2, 0.25) is 0 Å². The molecule has 0 fully saturated rings. The van der Waals surface area contributed by atoms with Crippen LogP contribution in [0.25, 0.3) is 0 Å². The second kappa shape index (κ2) is 7.76. The molecule has 2 nitrogen and oxygen atoms in total. The Morgan fingerprint density at radius 2 is 1.94 bits per heavy atom. The summed E-state index contributed by atoms with van der Waals surface area (Å²) in [7, 11) is 0. The van der Waals surface area contributed by atoms with Gasteiger partial charge in [0.05, 0.1) is 18.7 Å². The topological polar surface area (TPSA) is 35.2 Å². The molecule has 0 amide bonds. The van der Waals surface area contributed by atoms with Gasteiger partial charge in [0.25, 0.3) is 0 Å². The van der Waals surface area contributed by atoms with Crippen LogP contribution in [0.4, 0.5) is 0 Å². The van der Waals surface area contributed by atoms with E-state index in [1.165, 1.54) is 0 Å². The van der Waals surface area contributed by atoms with Crippen molar-refractivity contribution in [3.63, 3.8) is 0 Å². The Morgan fingerprint density at radius 1 is 1.24 bits per heavy atom. The highest BCUT2D eigenvalue weighted by atomic mass is 16.5. The standard InChI is InChI=1S/C15H21NO/c1-3-13(4-2)12-17-15-10-6-5-8-14(15)9-7-11-16/h5-6,8,10,13H,3-4,11-12,16H2,1-2H3. The van der Waals surface area contributed by atoms with Gasteiger partial charge in [-0.1, -0.05) is 50.7 Å². The molecular weight excluding hydrogens is 210 g/mol. The van der Waals surface area contributed by atoms with Crippen molar-refractivity contribution >= 4 is 0 Å². The van der Waals surface area contributed by atoms with Crippen molar-refractivity contribution in [2.24, 2.45) is 11.7 Å². The minimum atomic E-state index is 0.376. The number of ether oxygens (including phenoxy) is 1. The normalized spacial score (nSPS) is 9.88. The number of rotatable bonds is 5. The third-order valence-electron chi connectivity index (χ3n) is 2.84. The molecule has 0 atom stereocenters. The summed E-state index contributed by atoms with van der Waals surface area (Å²) in [6.45, 7) is 5.52. The Labute approximate surface area is 104 Å². The molecule has 1 aromatic carbocycles. The molecule has 0 aliphatic rings. The molecule has 0 heterocycles. The molecule has 0 radical (unpaired) electrons. The average molecular weight is 231 g/mol. The second-order valence-electron chi connectivity index (χ2n) is 4.00. The van der Waals surface area contributed by atoms with Gasteiger partial charge < -0.3 is 10.5 Å². The van der Waals surface area contributed by atoms with Crippen molar-refractivity contribution in [1.82, 2.24) is 0 Å². The van der Waals surface area contributed by atoms with E-state index in [0.717, 1.165) is 30.8 Å². The molecule has 0 bridgehead atoms. The zero-order valence-corrected chi connectivity index (χ0v) is 10.7. The highest BCUT2D eigenvalue weighted by molar-refractivity contribution is 5.45. The Hall–Kier alpha value is -1.46. The third kappa shape index (κ3) is 4.50. The number of hydrogen-bond donors (Lipinski definition) is 1. The molecule has 1 rings (SSSR count). The Bertz CT molecular complexity index is 385. The first kappa shape index (κ1) is 13.6. The fourth-order valence-corrected chi connectivity index (χ4v) is 1.57. The summed E-state index contributed by atoms with van der Waals surface area (Å²) >= 11 is 0. The Balaban J connectivity index is 2.69. The minimum absolute atomic E-state index is 0.376. The van der Waals surface area contributed by atoms with E-state index in [4.69, 9.17) is 10.5 Å². The van der Waals surface area contributed by atoms with E-state index >= 15 is 0 Å². The number of para-hydroxylation sites is 1. The maximum atomic E-state index is 5.83. The van der Waals surface area contributed by atoms with Gasteiger partial charge in [-0.3, -0.25) is 0 Å². The van der Waals surface area contributed by atoms with Gasteiger partial charge in [-0.2, -0.15) is 0 Å². The zero-order chi connectivity index (χ0) is 12.5. The molecule has 0 unspecified atom stereocenters. The zero-order valence-electron chi connectivity index (χ0n) is 10.7. The van der Waals surface area contributed by atoms with Crippen molar-refractivity contribution < 1.29 is 4.74 Å². The van der Waals surface area contributed by atoms with Crippen molar-refractivity contribution in [3.8, 4) is 17.6 Å². The molecule has 1 aromatic rings. The number of hydrogen-bond acceptors (Lipinski definition) is 2. The van der Waals surface area contributed by atoms with Gasteiger partial charge in [0.15, 0.2) is 0 Å². The van der Waals surface area contributed by atoms with Gasteiger partial charge in [0, 0.05) is 0 Å². The first-order chi connectivity index (χ1) is 8.31. The van der Waals surface area contributed by atoms with Crippen LogP contribution in [0.3, 0.4) is 0 Å². The van der Waals surface area contributed by atoms with Crippen molar-refractivity contribution in [2.45, 2.75) is 26.7 Å². The first-order valence-electron chi connectivity index (χ1n) is 6.22. The van der Waals surface area contributed by atoms with Gasteiger partial charge in [0.1, 0.15) is 5.75 Å². The Kier molecular flexibility index (Phi) is 6.21. The van der Waals surface area contributed by atoms with Crippen molar-refractivity contribution in [1.29, 1.82) is 0 Å². The molecule has 2 N–H and O–H groups in total. The second-order valence-corrected chi connectivity index (χ2v) is 4.00. The number of nitrogens with two attached hydrogens (primary N) is 1. The highest BCUT2D eigenvalue weighted by Gasteiger charge is 2.06. The summed E-state index contributed by atoms with van der Waals surface area (Å²) in [4.78, 5) is 0. The summed E-state index contributed by atoms with van der Waals surface area (Å²) in [5.41, 5.74) is 6.30. The van der Waals surface area contributed by atoms with E-state index < -0.39 is 0 Å². The lowest BCUT2D eigenvalue weighted by atomic mass is 10.1. The molecular formula is C15H21NO. The van der Waals surface area contributed by atoms with Crippen LogP contribution < -0.4 is 10.5 Å². The lowest BCUT2D eigenvalue weighted by Gasteiger charge is -2.14. The smallest absolute Gasteiger partial charge is 0.134 e.